The standard InChI is InChI=1S/C12H15ClN4O/c13-9-4-10(16-6-15-9)17-12(18)11-8-3-1-2-7(8)5-14-11/h4,6-8,11,14H,1-3,5H2,(H,15,16,17,18). The lowest BCUT2D eigenvalue weighted by Crippen LogP contribution is -2.39. The van der Waals surface area contributed by atoms with Gasteiger partial charge < -0.3 is 10.6 Å². The van der Waals surface area contributed by atoms with Crippen molar-refractivity contribution in [1.82, 2.24) is 15.3 Å². The Bertz CT molecular complexity index is 467. The van der Waals surface area contributed by atoms with E-state index in [9.17, 15) is 4.79 Å². The molecule has 0 radical (unpaired) electrons. The highest BCUT2D eigenvalue weighted by Crippen LogP contribution is 2.37. The van der Waals surface area contributed by atoms with Gasteiger partial charge in [0.1, 0.15) is 17.3 Å². The molecule has 1 saturated heterocycles. The number of anilines is 1. The fraction of sp³-hybridized carbons (Fsp3) is 0.583. The van der Waals surface area contributed by atoms with Gasteiger partial charge in [-0.25, -0.2) is 9.97 Å². The summed E-state index contributed by atoms with van der Waals surface area (Å²) < 4.78 is 0. The van der Waals surface area contributed by atoms with Gasteiger partial charge in [0.25, 0.3) is 0 Å². The van der Waals surface area contributed by atoms with Gasteiger partial charge in [-0.05, 0) is 31.2 Å². The van der Waals surface area contributed by atoms with Crippen LogP contribution in [0.3, 0.4) is 0 Å². The van der Waals surface area contributed by atoms with E-state index in [4.69, 9.17) is 11.6 Å². The first kappa shape index (κ1) is 11.9. The first-order valence-corrected chi connectivity index (χ1v) is 6.63. The van der Waals surface area contributed by atoms with Gasteiger partial charge in [0.05, 0.1) is 6.04 Å². The van der Waals surface area contributed by atoms with Crippen LogP contribution in [0.5, 0.6) is 0 Å². The van der Waals surface area contributed by atoms with Crippen molar-refractivity contribution < 1.29 is 4.79 Å². The molecule has 5 nitrogen and oxygen atoms in total. The summed E-state index contributed by atoms with van der Waals surface area (Å²) in [6.07, 6.45) is 4.96. The summed E-state index contributed by atoms with van der Waals surface area (Å²) in [5.41, 5.74) is 0. The van der Waals surface area contributed by atoms with Crippen molar-refractivity contribution in [1.29, 1.82) is 0 Å². The second-order valence-electron chi connectivity index (χ2n) is 4.96. The monoisotopic (exact) mass is 266 g/mol. The van der Waals surface area contributed by atoms with Crippen LogP contribution in [0.1, 0.15) is 19.3 Å². The Morgan fingerprint density at radius 3 is 3.17 bits per heavy atom. The van der Waals surface area contributed by atoms with E-state index in [1.807, 2.05) is 0 Å². The van der Waals surface area contributed by atoms with E-state index in [0.29, 0.717) is 22.8 Å². The number of halogens is 1. The first-order valence-electron chi connectivity index (χ1n) is 6.26. The molecule has 0 spiro atoms. The van der Waals surface area contributed by atoms with Crippen molar-refractivity contribution >= 4 is 23.3 Å². The van der Waals surface area contributed by atoms with E-state index in [1.54, 1.807) is 6.07 Å². The highest BCUT2D eigenvalue weighted by Gasteiger charge is 2.42. The molecule has 3 rings (SSSR count). The average Bonchev–Trinajstić information content (AvgIpc) is 2.89. The Morgan fingerprint density at radius 2 is 2.33 bits per heavy atom. The lowest BCUT2D eigenvalue weighted by molar-refractivity contribution is -0.118. The normalized spacial score (nSPS) is 30.2. The number of nitrogens with zero attached hydrogens (tertiary/aromatic N) is 2. The van der Waals surface area contributed by atoms with Gasteiger partial charge in [0.15, 0.2) is 0 Å². The summed E-state index contributed by atoms with van der Waals surface area (Å²) in [4.78, 5) is 20.0. The molecule has 18 heavy (non-hydrogen) atoms. The summed E-state index contributed by atoms with van der Waals surface area (Å²) in [6.45, 7) is 0.952. The van der Waals surface area contributed by atoms with Gasteiger partial charge in [-0.3, -0.25) is 4.79 Å². The number of hydrogen-bond donors (Lipinski definition) is 2. The van der Waals surface area contributed by atoms with Crippen LogP contribution in [0.15, 0.2) is 12.4 Å². The molecule has 1 saturated carbocycles. The number of nitrogens with one attached hydrogen (secondary N) is 2. The molecule has 96 valence electrons. The van der Waals surface area contributed by atoms with Crippen LogP contribution in [-0.2, 0) is 4.79 Å². The van der Waals surface area contributed by atoms with E-state index in [-0.39, 0.29) is 11.9 Å². The lowest BCUT2D eigenvalue weighted by atomic mass is 9.94. The molecule has 2 aliphatic rings. The van der Waals surface area contributed by atoms with Crippen LogP contribution in [0, 0.1) is 11.8 Å². The van der Waals surface area contributed by atoms with Crippen LogP contribution in [0.25, 0.3) is 0 Å². The highest BCUT2D eigenvalue weighted by molar-refractivity contribution is 6.29. The molecule has 2 heterocycles. The number of carbonyl (C=O) groups is 1. The van der Waals surface area contributed by atoms with Crippen LogP contribution in [0.4, 0.5) is 5.82 Å². The van der Waals surface area contributed by atoms with Gasteiger partial charge in [-0.15, -0.1) is 0 Å². The summed E-state index contributed by atoms with van der Waals surface area (Å²) in [7, 11) is 0. The molecule has 1 aliphatic heterocycles. The Morgan fingerprint density at radius 1 is 1.44 bits per heavy atom. The van der Waals surface area contributed by atoms with Crippen molar-refractivity contribution in [3.8, 4) is 0 Å². The highest BCUT2D eigenvalue weighted by atomic mass is 35.5. The van der Waals surface area contributed by atoms with E-state index in [0.717, 1.165) is 13.0 Å². The second-order valence-corrected chi connectivity index (χ2v) is 5.34. The minimum absolute atomic E-state index is 0.0147. The topological polar surface area (TPSA) is 66.9 Å². The van der Waals surface area contributed by atoms with Gasteiger partial charge in [-0.1, -0.05) is 18.0 Å². The summed E-state index contributed by atoms with van der Waals surface area (Å²) in [5, 5.41) is 6.44. The van der Waals surface area contributed by atoms with Crippen molar-refractivity contribution in [3.05, 3.63) is 17.5 Å². The molecule has 1 aliphatic carbocycles. The Balaban J connectivity index is 1.68. The number of fused-ring (bicyclic) bond motifs is 1. The van der Waals surface area contributed by atoms with Crippen LogP contribution in [0.2, 0.25) is 5.15 Å². The molecule has 3 unspecified atom stereocenters. The maximum absolute atomic E-state index is 12.2. The van der Waals surface area contributed by atoms with Crippen LogP contribution < -0.4 is 10.6 Å². The summed E-state index contributed by atoms with van der Waals surface area (Å²) in [6, 6.07) is 1.46. The van der Waals surface area contributed by atoms with Crippen molar-refractivity contribution in [2.24, 2.45) is 11.8 Å². The van der Waals surface area contributed by atoms with Gasteiger partial charge in [-0.2, -0.15) is 0 Å². The molecule has 0 bridgehead atoms. The molecule has 6 heteroatoms. The van der Waals surface area contributed by atoms with Crippen LogP contribution in [-0.4, -0.2) is 28.5 Å². The predicted molar refractivity (Wildman–Crippen MR) is 68.3 cm³/mol. The molecule has 3 atom stereocenters. The molecule has 0 aromatic carbocycles. The predicted octanol–water partition coefficient (Wildman–Crippen LogP) is 1.46. The van der Waals surface area contributed by atoms with Crippen molar-refractivity contribution in [2.75, 3.05) is 11.9 Å². The zero-order chi connectivity index (χ0) is 12.5. The number of aromatic nitrogens is 2. The molecule has 2 N–H and O–H groups in total. The van der Waals surface area contributed by atoms with Gasteiger partial charge in [0.2, 0.25) is 5.91 Å². The fourth-order valence-corrected chi connectivity index (χ4v) is 3.23. The number of rotatable bonds is 2. The van der Waals surface area contributed by atoms with E-state index in [2.05, 4.69) is 20.6 Å². The summed E-state index contributed by atoms with van der Waals surface area (Å²) >= 11 is 5.76. The Hall–Kier alpha value is -1.20. The van der Waals surface area contributed by atoms with E-state index in [1.165, 1.54) is 19.2 Å². The maximum atomic E-state index is 12.2. The quantitative estimate of drug-likeness (QED) is 0.796. The average molecular weight is 267 g/mol. The zero-order valence-electron chi connectivity index (χ0n) is 9.90. The van der Waals surface area contributed by atoms with E-state index < -0.39 is 0 Å². The number of hydrogen-bond acceptors (Lipinski definition) is 4. The van der Waals surface area contributed by atoms with Crippen molar-refractivity contribution in [2.45, 2.75) is 25.3 Å². The van der Waals surface area contributed by atoms with Gasteiger partial charge in [0, 0.05) is 6.07 Å². The zero-order valence-corrected chi connectivity index (χ0v) is 10.7. The third-order valence-corrected chi connectivity index (χ3v) is 4.12. The second kappa shape index (κ2) is 4.82. The molecule has 1 aromatic rings. The summed E-state index contributed by atoms with van der Waals surface area (Å²) in [5.74, 6) is 1.58. The largest absolute Gasteiger partial charge is 0.309 e. The smallest absolute Gasteiger partial charge is 0.242 e. The molecule has 1 aromatic heterocycles. The Labute approximate surface area is 110 Å². The lowest BCUT2D eigenvalue weighted by Gasteiger charge is -2.17. The maximum Gasteiger partial charge on any atom is 0.242 e. The fourth-order valence-electron chi connectivity index (χ4n) is 3.08. The van der Waals surface area contributed by atoms with Gasteiger partial charge >= 0.3 is 0 Å². The molecular weight excluding hydrogens is 252 g/mol. The minimum atomic E-state index is -0.0914. The first-order chi connectivity index (χ1) is 8.74. The third kappa shape index (κ3) is 2.20. The van der Waals surface area contributed by atoms with Crippen LogP contribution >= 0.6 is 11.6 Å². The molecule has 2 fully saturated rings. The van der Waals surface area contributed by atoms with Crippen molar-refractivity contribution in [3.63, 3.8) is 0 Å². The number of carbonyl (C=O) groups excluding carboxylic acids is 1. The molecule has 1 amide bonds. The Kier molecular flexibility index (Phi) is 3.18. The number of amides is 1. The SMILES string of the molecule is O=C(Nc1cc(Cl)ncn1)C1NCC2CCCC21. The van der Waals surface area contributed by atoms with E-state index >= 15 is 0 Å². The third-order valence-electron chi connectivity index (χ3n) is 3.91. The minimum Gasteiger partial charge on any atom is -0.309 e. The molecular formula is C12H15ClN4O.